The number of nitrogens with one attached hydrogen (secondary N) is 1. The molecular weight excluding hydrogens is 576 g/mol. The van der Waals surface area contributed by atoms with E-state index in [-0.39, 0.29) is 17.6 Å². The third-order valence-electron chi connectivity index (χ3n) is 4.84. The molecule has 1 fully saturated rings. The summed E-state index contributed by atoms with van der Waals surface area (Å²) in [4.78, 5) is 26.8. The standard InChI is InChI=1S/C23H22Br2N2O3S2/c24-17-11-16(21(29)18(25)13-17)12-19-22(30)27(23(31)32-19)10-6-2-5-9-20(28)26-14-15-7-3-1-4-8-15/h1,3-4,7-8,11-13,29H,2,5-6,9-10,14H2,(H,26,28)/b19-12-. The number of rotatable bonds is 9. The lowest BCUT2D eigenvalue weighted by atomic mass is 10.1. The highest BCUT2D eigenvalue weighted by atomic mass is 79.9. The van der Waals surface area contributed by atoms with Crippen molar-refractivity contribution in [2.45, 2.75) is 32.2 Å². The number of aromatic hydroxyl groups is 1. The van der Waals surface area contributed by atoms with Gasteiger partial charge >= 0.3 is 0 Å². The molecule has 1 heterocycles. The summed E-state index contributed by atoms with van der Waals surface area (Å²) in [6.07, 6.45) is 4.46. The highest BCUT2D eigenvalue weighted by molar-refractivity contribution is 9.11. The molecule has 0 aromatic heterocycles. The molecule has 32 heavy (non-hydrogen) atoms. The number of halogens is 2. The van der Waals surface area contributed by atoms with Crippen LogP contribution in [0.1, 0.15) is 36.8 Å². The quantitative estimate of drug-likeness (QED) is 0.211. The summed E-state index contributed by atoms with van der Waals surface area (Å²) >= 11 is 13.3. The fourth-order valence-corrected chi connectivity index (χ4v) is 5.70. The Hall–Kier alpha value is -1.68. The molecule has 9 heteroatoms. The van der Waals surface area contributed by atoms with Gasteiger partial charge in [0.25, 0.3) is 5.91 Å². The second-order valence-corrected chi connectivity index (χ2v) is 10.7. The fraction of sp³-hybridized carbons (Fsp3) is 0.261. The number of unbranched alkanes of at least 4 members (excludes halogenated alkanes) is 2. The first kappa shape index (κ1) is 25.0. The molecule has 2 N–H and O–H groups in total. The Bertz CT molecular complexity index is 1050. The van der Waals surface area contributed by atoms with E-state index in [1.807, 2.05) is 30.3 Å². The third kappa shape index (κ3) is 6.91. The van der Waals surface area contributed by atoms with Crippen LogP contribution in [0, 0.1) is 0 Å². The van der Waals surface area contributed by atoms with E-state index >= 15 is 0 Å². The Morgan fingerprint density at radius 3 is 2.66 bits per heavy atom. The molecular formula is C23H22Br2N2O3S2. The van der Waals surface area contributed by atoms with Crippen LogP contribution in [0.2, 0.25) is 0 Å². The monoisotopic (exact) mass is 596 g/mol. The predicted octanol–water partition coefficient (Wildman–Crippen LogP) is 6.00. The van der Waals surface area contributed by atoms with Crippen LogP contribution in [-0.4, -0.2) is 32.7 Å². The third-order valence-corrected chi connectivity index (χ3v) is 7.28. The van der Waals surface area contributed by atoms with Crippen LogP contribution < -0.4 is 5.32 Å². The molecule has 2 aromatic carbocycles. The molecule has 168 valence electrons. The van der Waals surface area contributed by atoms with Gasteiger partial charge in [-0.05, 0) is 52.5 Å². The first-order chi connectivity index (χ1) is 15.3. The molecule has 3 rings (SSSR count). The molecule has 2 amide bonds. The Morgan fingerprint density at radius 2 is 1.91 bits per heavy atom. The highest BCUT2D eigenvalue weighted by Gasteiger charge is 2.31. The van der Waals surface area contributed by atoms with Crippen molar-refractivity contribution in [1.82, 2.24) is 10.2 Å². The lowest BCUT2D eigenvalue weighted by Crippen LogP contribution is -2.29. The van der Waals surface area contributed by atoms with Crippen LogP contribution in [-0.2, 0) is 16.1 Å². The van der Waals surface area contributed by atoms with Gasteiger partial charge < -0.3 is 10.4 Å². The summed E-state index contributed by atoms with van der Waals surface area (Å²) in [6, 6.07) is 13.3. The molecule has 0 unspecified atom stereocenters. The predicted molar refractivity (Wildman–Crippen MR) is 140 cm³/mol. The van der Waals surface area contributed by atoms with Gasteiger partial charge in [0.2, 0.25) is 5.91 Å². The maximum absolute atomic E-state index is 12.8. The zero-order valence-corrected chi connectivity index (χ0v) is 21.9. The fourth-order valence-electron chi connectivity index (χ4n) is 3.15. The Labute approximate surface area is 213 Å². The smallest absolute Gasteiger partial charge is 0.266 e. The first-order valence-corrected chi connectivity index (χ1v) is 12.9. The molecule has 0 spiro atoms. The minimum Gasteiger partial charge on any atom is -0.506 e. The number of amides is 2. The topological polar surface area (TPSA) is 69.6 Å². The van der Waals surface area contributed by atoms with E-state index in [0.717, 1.165) is 29.3 Å². The van der Waals surface area contributed by atoms with Gasteiger partial charge in [0.15, 0.2) is 0 Å². The number of phenolic OH excluding ortho intramolecular Hbond substituents is 1. The number of hydrogen-bond donors (Lipinski definition) is 2. The van der Waals surface area contributed by atoms with E-state index in [0.29, 0.717) is 38.8 Å². The number of nitrogens with zero attached hydrogens (tertiary/aromatic N) is 1. The number of carbonyl (C=O) groups excluding carboxylic acids is 2. The van der Waals surface area contributed by atoms with Crippen molar-refractivity contribution in [3.8, 4) is 5.75 Å². The lowest BCUT2D eigenvalue weighted by molar-refractivity contribution is -0.123. The maximum Gasteiger partial charge on any atom is 0.266 e. The number of hydrogen-bond acceptors (Lipinski definition) is 5. The van der Waals surface area contributed by atoms with Crippen molar-refractivity contribution in [1.29, 1.82) is 0 Å². The van der Waals surface area contributed by atoms with Crippen molar-refractivity contribution >= 4 is 78.1 Å². The average molecular weight is 598 g/mol. The average Bonchev–Trinajstić information content (AvgIpc) is 3.03. The van der Waals surface area contributed by atoms with Crippen molar-refractivity contribution in [2.75, 3.05) is 6.54 Å². The van der Waals surface area contributed by atoms with Gasteiger partial charge in [-0.1, -0.05) is 76.7 Å². The van der Waals surface area contributed by atoms with Crippen LogP contribution in [0.3, 0.4) is 0 Å². The number of carbonyl (C=O) groups is 2. The number of benzene rings is 2. The van der Waals surface area contributed by atoms with Crippen LogP contribution in [0.4, 0.5) is 0 Å². The van der Waals surface area contributed by atoms with Crippen molar-refractivity contribution in [2.24, 2.45) is 0 Å². The molecule has 1 aliphatic rings. The highest BCUT2D eigenvalue weighted by Crippen LogP contribution is 2.37. The number of phenols is 1. The molecule has 0 atom stereocenters. The summed E-state index contributed by atoms with van der Waals surface area (Å²) in [5.41, 5.74) is 1.61. The molecule has 0 radical (unpaired) electrons. The second kappa shape index (κ2) is 12.0. The van der Waals surface area contributed by atoms with E-state index in [2.05, 4.69) is 37.2 Å². The maximum atomic E-state index is 12.8. The summed E-state index contributed by atoms with van der Waals surface area (Å²) in [5, 5.41) is 13.2. The van der Waals surface area contributed by atoms with Crippen LogP contribution in [0.5, 0.6) is 5.75 Å². The van der Waals surface area contributed by atoms with E-state index in [1.54, 1.807) is 23.1 Å². The van der Waals surface area contributed by atoms with Crippen molar-refractivity contribution in [3.63, 3.8) is 0 Å². The van der Waals surface area contributed by atoms with Gasteiger partial charge in [-0.2, -0.15) is 0 Å². The van der Waals surface area contributed by atoms with Crippen LogP contribution >= 0.6 is 55.8 Å². The molecule has 0 aliphatic carbocycles. The van der Waals surface area contributed by atoms with Crippen molar-refractivity contribution in [3.05, 3.63) is 67.4 Å². The van der Waals surface area contributed by atoms with Gasteiger partial charge in [-0.3, -0.25) is 14.5 Å². The van der Waals surface area contributed by atoms with E-state index in [1.165, 1.54) is 11.8 Å². The van der Waals surface area contributed by atoms with Gasteiger partial charge in [0, 0.05) is 29.5 Å². The lowest BCUT2D eigenvalue weighted by Gasteiger charge is -2.14. The Kier molecular flexibility index (Phi) is 9.34. The van der Waals surface area contributed by atoms with Gasteiger partial charge in [0.05, 0.1) is 9.38 Å². The minimum atomic E-state index is -0.156. The summed E-state index contributed by atoms with van der Waals surface area (Å²) in [5.74, 6) is -0.0532. The molecule has 0 saturated carbocycles. The second-order valence-electron chi connectivity index (χ2n) is 7.23. The molecule has 0 bridgehead atoms. The van der Waals surface area contributed by atoms with Crippen molar-refractivity contribution < 1.29 is 14.7 Å². The molecule has 1 saturated heterocycles. The number of thioether (sulfide) groups is 1. The first-order valence-electron chi connectivity index (χ1n) is 10.1. The summed E-state index contributed by atoms with van der Waals surface area (Å²) in [7, 11) is 0. The summed E-state index contributed by atoms with van der Waals surface area (Å²) in [6.45, 7) is 1.05. The molecule has 1 aliphatic heterocycles. The van der Waals surface area contributed by atoms with E-state index in [4.69, 9.17) is 12.2 Å². The van der Waals surface area contributed by atoms with Gasteiger partial charge in [-0.25, -0.2) is 0 Å². The largest absolute Gasteiger partial charge is 0.506 e. The zero-order chi connectivity index (χ0) is 23.1. The van der Waals surface area contributed by atoms with Gasteiger partial charge in [0.1, 0.15) is 10.1 Å². The number of thiocarbonyl (C=S) groups is 1. The molecule has 2 aromatic rings. The van der Waals surface area contributed by atoms with E-state index < -0.39 is 0 Å². The Balaban J connectivity index is 1.43. The minimum absolute atomic E-state index is 0.0300. The van der Waals surface area contributed by atoms with E-state index in [9.17, 15) is 14.7 Å². The van der Waals surface area contributed by atoms with Crippen LogP contribution in [0.25, 0.3) is 6.08 Å². The van der Waals surface area contributed by atoms with Gasteiger partial charge in [-0.15, -0.1) is 0 Å². The summed E-state index contributed by atoms with van der Waals surface area (Å²) < 4.78 is 1.84. The zero-order valence-electron chi connectivity index (χ0n) is 17.1. The Morgan fingerprint density at radius 1 is 1.16 bits per heavy atom. The molecule has 5 nitrogen and oxygen atoms in total. The van der Waals surface area contributed by atoms with Crippen LogP contribution in [0.15, 0.2) is 56.3 Å². The SMILES string of the molecule is O=C(CCCCCN1C(=O)/C(=C/c2cc(Br)cc(Br)c2O)SC1=S)NCc1ccccc1. The normalized spacial score (nSPS) is 14.9.